The number of esters is 1. The lowest BCUT2D eigenvalue weighted by atomic mass is 10.0. The standard InChI is InChI=1S/C29H41N3O5/c1-20(2)25(27(34)36-6)32-26(33)24(18-22-15-11-8-12-16-22)30-19-23(17-21-13-9-7-10-14-21)31-28(35)37-29(3,4)5/h7-16,20,23-25,30H,17-19H2,1-6H3,(H,31,35)(H,32,33)/t23-,24-,25-/m0/s1. The predicted molar refractivity (Wildman–Crippen MR) is 144 cm³/mol. The largest absolute Gasteiger partial charge is 0.467 e. The molecule has 0 saturated carbocycles. The van der Waals surface area contributed by atoms with Gasteiger partial charge in [-0.2, -0.15) is 0 Å². The zero-order valence-electron chi connectivity index (χ0n) is 22.7. The van der Waals surface area contributed by atoms with E-state index in [4.69, 9.17) is 9.47 Å². The molecule has 8 nitrogen and oxygen atoms in total. The molecule has 0 aliphatic heterocycles. The van der Waals surface area contributed by atoms with E-state index in [0.717, 1.165) is 11.1 Å². The number of benzene rings is 2. The van der Waals surface area contributed by atoms with Crippen LogP contribution in [0.2, 0.25) is 0 Å². The lowest BCUT2D eigenvalue weighted by Crippen LogP contribution is -2.55. The van der Waals surface area contributed by atoms with Crippen molar-refractivity contribution in [2.75, 3.05) is 13.7 Å². The topological polar surface area (TPSA) is 106 Å². The van der Waals surface area contributed by atoms with E-state index in [-0.39, 0.29) is 17.9 Å². The fourth-order valence-corrected chi connectivity index (χ4v) is 3.82. The SMILES string of the molecule is COC(=O)[C@@H](NC(=O)[C@H](Cc1ccccc1)NC[C@H](Cc1ccccc1)NC(=O)OC(C)(C)C)C(C)C. The summed E-state index contributed by atoms with van der Waals surface area (Å²) in [5.74, 6) is -0.951. The number of carbonyl (C=O) groups excluding carboxylic acids is 3. The van der Waals surface area contributed by atoms with Gasteiger partial charge in [0, 0.05) is 12.6 Å². The zero-order chi connectivity index (χ0) is 27.4. The number of hydrogen-bond acceptors (Lipinski definition) is 6. The highest BCUT2D eigenvalue weighted by molar-refractivity contribution is 5.87. The van der Waals surface area contributed by atoms with E-state index in [0.29, 0.717) is 19.4 Å². The van der Waals surface area contributed by atoms with Crippen molar-refractivity contribution >= 4 is 18.0 Å². The van der Waals surface area contributed by atoms with Crippen molar-refractivity contribution in [2.24, 2.45) is 5.92 Å². The molecule has 3 atom stereocenters. The molecule has 0 aliphatic rings. The Bertz CT molecular complexity index is 990. The molecule has 0 aliphatic carbocycles. The summed E-state index contributed by atoms with van der Waals surface area (Å²) in [5.41, 5.74) is 1.37. The number of nitrogens with one attached hydrogen (secondary N) is 3. The van der Waals surface area contributed by atoms with Crippen molar-refractivity contribution in [2.45, 2.75) is 71.2 Å². The third-order valence-electron chi connectivity index (χ3n) is 5.68. The summed E-state index contributed by atoms with van der Waals surface area (Å²) in [6.45, 7) is 9.44. The van der Waals surface area contributed by atoms with Crippen LogP contribution in [0.25, 0.3) is 0 Å². The van der Waals surface area contributed by atoms with Gasteiger partial charge in [-0.3, -0.25) is 4.79 Å². The first kappa shape index (κ1) is 29.8. The van der Waals surface area contributed by atoms with E-state index >= 15 is 0 Å². The van der Waals surface area contributed by atoms with Gasteiger partial charge in [0.15, 0.2) is 0 Å². The van der Waals surface area contributed by atoms with Gasteiger partial charge in [0.2, 0.25) is 5.91 Å². The van der Waals surface area contributed by atoms with Crippen LogP contribution >= 0.6 is 0 Å². The van der Waals surface area contributed by atoms with Crippen LogP contribution in [0, 0.1) is 5.92 Å². The van der Waals surface area contributed by atoms with Crippen molar-refractivity contribution in [1.82, 2.24) is 16.0 Å². The lowest BCUT2D eigenvalue weighted by Gasteiger charge is -2.27. The Morgan fingerprint density at radius 2 is 1.38 bits per heavy atom. The maximum absolute atomic E-state index is 13.4. The summed E-state index contributed by atoms with van der Waals surface area (Å²) in [6.07, 6.45) is 0.428. The number of ether oxygens (including phenoxy) is 2. The van der Waals surface area contributed by atoms with Crippen molar-refractivity contribution in [3.8, 4) is 0 Å². The summed E-state index contributed by atoms with van der Waals surface area (Å²) >= 11 is 0. The molecule has 0 spiro atoms. The van der Waals surface area contributed by atoms with Gasteiger partial charge in [0.05, 0.1) is 13.2 Å². The maximum Gasteiger partial charge on any atom is 0.407 e. The summed E-state index contributed by atoms with van der Waals surface area (Å²) in [7, 11) is 1.31. The number of carbonyl (C=O) groups is 3. The average Bonchev–Trinajstić information content (AvgIpc) is 2.84. The first-order valence-electron chi connectivity index (χ1n) is 12.7. The van der Waals surface area contributed by atoms with Crippen LogP contribution in [-0.4, -0.2) is 55.4 Å². The smallest absolute Gasteiger partial charge is 0.407 e. The Kier molecular flexibility index (Phi) is 11.6. The highest BCUT2D eigenvalue weighted by Gasteiger charge is 2.29. The molecular weight excluding hydrogens is 470 g/mol. The number of hydrogen-bond donors (Lipinski definition) is 3. The normalized spacial score (nSPS) is 13.8. The molecule has 37 heavy (non-hydrogen) atoms. The quantitative estimate of drug-likeness (QED) is 0.376. The summed E-state index contributed by atoms with van der Waals surface area (Å²) < 4.78 is 10.4. The molecule has 3 N–H and O–H groups in total. The molecule has 2 aromatic rings. The van der Waals surface area contributed by atoms with Gasteiger partial charge in [-0.15, -0.1) is 0 Å². The monoisotopic (exact) mass is 511 g/mol. The zero-order valence-corrected chi connectivity index (χ0v) is 22.7. The molecule has 2 amide bonds. The van der Waals surface area contributed by atoms with Crippen LogP contribution in [0.15, 0.2) is 60.7 Å². The Hall–Kier alpha value is -3.39. The van der Waals surface area contributed by atoms with Gasteiger partial charge >= 0.3 is 12.1 Å². The molecule has 2 rings (SSSR count). The third-order valence-corrected chi connectivity index (χ3v) is 5.68. The van der Waals surface area contributed by atoms with Crippen molar-refractivity contribution in [1.29, 1.82) is 0 Å². The van der Waals surface area contributed by atoms with Crippen LogP contribution < -0.4 is 16.0 Å². The van der Waals surface area contributed by atoms with Crippen LogP contribution in [0.1, 0.15) is 45.7 Å². The number of methoxy groups -OCH3 is 1. The van der Waals surface area contributed by atoms with E-state index in [1.165, 1.54) is 7.11 Å². The lowest BCUT2D eigenvalue weighted by molar-refractivity contribution is -0.146. The molecule has 8 heteroatoms. The molecule has 0 unspecified atom stereocenters. The number of rotatable bonds is 12. The Labute approximate surface area is 220 Å². The molecule has 0 aromatic heterocycles. The van der Waals surface area contributed by atoms with E-state index in [2.05, 4.69) is 16.0 Å². The minimum absolute atomic E-state index is 0.145. The molecule has 0 saturated heterocycles. The van der Waals surface area contributed by atoms with Gasteiger partial charge < -0.3 is 25.4 Å². The number of amides is 2. The molecule has 0 radical (unpaired) electrons. The van der Waals surface area contributed by atoms with Crippen molar-refractivity contribution in [3.63, 3.8) is 0 Å². The first-order valence-corrected chi connectivity index (χ1v) is 12.7. The Morgan fingerprint density at radius 1 is 0.838 bits per heavy atom. The molecule has 202 valence electrons. The number of alkyl carbamates (subject to hydrolysis) is 1. The first-order chi connectivity index (χ1) is 17.5. The van der Waals surface area contributed by atoms with Gasteiger partial charge in [-0.25, -0.2) is 9.59 Å². The summed E-state index contributed by atoms with van der Waals surface area (Å²) in [4.78, 5) is 38.2. The van der Waals surface area contributed by atoms with Crippen LogP contribution in [0.5, 0.6) is 0 Å². The summed E-state index contributed by atoms with van der Waals surface area (Å²) in [5, 5.41) is 9.11. The summed E-state index contributed by atoms with van der Waals surface area (Å²) in [6, 6.07) is 17.7. The van der Waals surface area contributed by atoms with E-state index in [1.54, 1.807) is 0 Å². The van der Waals surface area contributed by atoms with Crippen LogP contribution in [0.3, 0.4) is 0 Å². The molecule has 2 aromatic carbocycles. The second-order valence-corrected chi connectivity index (χ2v) is 10.4. The molecule has 0 bridgehead atoms. The van der Waals surface area contributed by atoms with Crippen molar-refractivity contribution < 1.29 is 23.9 Å². The van der Waals surface area contributed by atoms with Gasteiger partial charge in [-0.1, -0.05) is 74.5 Å². The maximum atomic E-state index is 13.4. The predicted octanol–water partition coefficient (Wildman–Crippen LogP) is 3.64. The van der Waals surface area contributed by atoms with Gasteiger partial charge in [-0.05, 0) is 50.7 Å². The van der Waals surface area contributed by atoms with Gasteiger partial charge in [0.25, 0.3) is 0 Å². The second kappa shape index (κ2) is 14.4. The Balaban J connectivity index is 2.21. The molecular formula is C29H41N3O5. The minimum atomic E-state index is -0.766. The van der Waals surface area contributed by atoms with E-state index < -0.39 is 29.7 Å². The van der Waals surface area contributed by atoms with Crippen LogP contribution in [-0.2, 0) is 31.9 Å². The fourth-order valence-electron chi connectivity index (χ4n) is 3.82. The second-order valence-electron chi connectivity index (χ2n) is 10.4. The average molecular weight is 512 g/mol. The minimum Gasteiger partial charge on any atom is -0.467 e. The molecule has 0 heterocycles. The Morgan fingerprint density at radius 3 is 1.86 bits per heavy atom. The van der Waals surface area contributed by atoms with Gasteiger partial charge in [0.1, 0.15) is 11.6 Å². The van der Waals surface area contributed by atoms with Crippen molar-refractivity contribution in [3.05, 3.63) is 71.8 Å². The van der Waals surface area contributed by atoms with Crippen LogP contribution in [0.4, 0.5) is 4.79 Å². The van der Waals surface area contributed by atoms with E-state index in [1.807, 2.05) is 95.3 Å². The highest BCUT2D eigenvalue weighted by Crippen LogP contribution is 2.10. The third kappa shape index (κ3) is 11.0. The van der Waals surface area contributed by atoms with E-state index in [9.17, 15) is 14.4 Å². The molecule has 0 fully saturated rings. The fraction of sp³-hybridized carbons (Fsp3) is 0.483. The highest BCUT2D eigenvalue weighted by atomic mass is 16.6.